The second-order valence-corrected chi connectivity index (χ2v) is 10.7. The van der Waals surface area contributed by atoms with Gasteiger partial charge in [-0.2, -0.15) is 16.8 Å². The lowest BCUT2D eigenvalue weighted by atomic mass is 10.0. The first-order valence-corrected chi connectivity index (χ1v) is 14.0. The van der Waals surface area contributed by atoms with E-state index in [-0.39, 0.29) is 6.42 Å². The first-order chi connectivity index (χ1) is 15.9. The Hall–Kier alpha value is -2.56. The number of amides is 1. The number of carbonyl (C=O) groups excluding carboxylic acids is 1. The van der Waals surface area contributed by atoms with Gasteiger partial charge in [0.15, 0.2) is 0 Å². The molecule has 0 aliphatic carbocycles. The number of carbonyl (C=O) groups is 2. The molecule has 1 aromatic heterocycles. The van der Waals surface area contributed by atoms with E-state index in [1.54, 1.807) is 0 Å². The number of rotatable bonds is 9. The van der Waals surface area contributed by atoms with Crippen molar-refractivity contribution in [2.24, 2.45) is 18.5 Å². The Labute approximate surface area is 205 Å². The molecule has 0 spiro atoms. The summed E-state index contributed by atoms with van der Waals surface area (Å²) >= 11 is 0. The zero-order chi connectivity index (χ0) is 27.4. The molecule has 8 N–H and O–H groups in total. The summed E-state index contributed by atoms with van der Waals surface area (Å²) in [7, 11) is -5.42. The maximum atomic E-state index is 12.2. The molecule has 2 atom stereocenters. The van der Waals surface area contributed by atoms with Gasteiger partial charge in [0.1, 0.15) is 6.04 Å². The third-order valence-electron chi connectivity index (χ3n) is 4.32. The van der Waals surface area contributed by atoms with Gasteiger partial charge in [0, 0.05) is 30.6 Å². The number of fused-ring (bicyclic) bond motifs is 1. The van der Waals surface area contributed by atoms with Gasteiger partial charge in [-0.3, -0.25) is 13.9 Å². The number of nitrogens with two attached hydrogens (primary N) is 2. The Kier molecular flexibility index (Phi) is 13.7. The molecule has 2 aromatic rings. The molecular formula is C20H34N4O9S2. The fraction of sp³-hybridized carbons (Fsp3) is 0.500. The molecule has 0 unspecified atom stereocenters. The number of nitrogens with one attached hydrogen (secondary N) is 1. The Bertz CT molecular complexity index is 1130. The van der Waals surface area contributed by atoms with Crippen molar-refractivity contribution in [2.75, 3.05) is 19.1 Å². The highest BCUT2D eigenvalue weighted by atomic mass is 32.2. The summed E-state index contributed by atoms with van der Waals surface area (Å²) in [5, 5.41) is 13.0. The van der Waals surface area contributed by atoms with Gasteiger partial charge < -0.3 is 26.5 Å². The third kappa shape index (κ3) is 15.9. The summed E-state index contributed by atoms with van der Waals surface area (Å²) < 4.78 is 53.7. The van der Waals surface area contributed by atoms with Crippen molar-refractivity contribution < 1.29 is 40.6 Å². The molecule has 0 fully saturated rings. The number of aromatic nitrogens is 1. The molecule has 0 saturated carbocycles. The van der Waals surface area contributed by atoms with Crippen LogP contribution in [0.3, 0.4) is 0 Å². The topological polar surface area (TPSA) is 232 Å². The highest BCUT2D eigenvalue weighted by Crippen LogP contribution is 2.21. The number of aliphatic carboxylic acids is 1. The molecule has 1 amide bonds. The number of nitrogens with zero attached hydrogens (tertiary/aromatic N) is 1. The molecule has 1 heterocycles. The molecule has 0 aliphatic rings. The van der Waals surface area contributed by atoms with Gasteiger partial charge in [-0.1, -0.05) is 24.6 Å². The van der Waals surface area contributed by atoms with E-state index in [4.69, 9.17) is 20.6 Å². The number of carboxylic acids is 1. The Morgan fingerprint density at radius 2 is 1.57 bits per heavy atom. The van der Waals surface area contributed by atoms with E-state index in [1.807, 2.05) is 42.1 Å². The van der Waals surface area contributed by atoms with Crippen molar-refractivity contribution in [1.82, 2.24) is 9.88 Å². The van der Waals surface area contributed by atoms with Gasteiger partial charge >= 0.3 is 5.97 Å². The first-order valence-electron chi connectivity index (χ1n) is 10.3. The van der Waals surface area contributed by atoms with Crippen LogP contribution in [0.1, 0.15) is 24.8 Å². The smallest absolute Gasteiger partial charge is 0.326 e. The van der Waals surface area contributed by atoms with Crippen molar-refractivity contribution in [3.05, 3.63) is 36.0 Å². The lowest BCUT2D eigenvalue weighted by Gasteiger charge is -2.17. The van der Waals surface area contributed by atoms with Gasteiger partial charge in [0.05, 0.1) is 18.6 Å². The monoisotopic (exact) mass is 538 g/mol. The Morgan fingerprint density at radius 1 is 1.06 bits per heavy atom. The summed E-state index contributed by atoms with van der Waals surface area (Å²) in [6.45, 7) is 0.549. The van der Waals surface area contributed by atoms with Crippen LogP contribution < -0.4 is 16.8 Å². The summed E-state index contributed by atoms with van der Waals surface area (Å²) in [6, 6.07) is 6.03. The predicted octanol–water partition coefficient (Wildman–Crippen LogP) is -0.245. The van der Waals surface area contributed by atoms with Crippen molar-refractivity contribution in [3.63, 3.8) is 0 Å². The predicted molar refractivity (Wildman–Crippen MR) is 132 cm³/mol. The van der Waals surface area contributed by atoms with Crippen molar-refractivity contribution in [2.45, 2.75) is 37.8 Å². The van der Waals surface area contributed by atoms with E-state index in [9.17, 15) is 31.5 Å². The SMILES string of the molecule is CS(=O)(=O)O.CS(=O)(=O)O.Cn1cc(C[C@@H](NC(=O)[C@@H](N)CCCCN)C(=O)O)c2ccccc21. The lowest BCUT2D eigenvalue weighted by Crippen LogP contribution is -2.49. The highest BCUT2D eigenvalue weighted by molar-refractivity contribution is 7.85. The standard InChI is InChI=1S/C18H26N4O3.2CH4O3S/c1-22-11-12(13-6-2-3-8-16(13)22)10-15(18(24)25)21-17(23)14(20)7-4-5-9-19;2*1-5(2,3)4/h2-3,6,8,11,14-15H,4-5,7,9-10,19-20H2,1H3,(H,21,23)(H,24,25);2*1H3,(H,2,3,4)/t14-,15+;;/m0../s1. The van der Waals surface area contributed by atoms with Crippen LogP contribution in [-0.4, -0.2) is 78.6 Å². The molecule has 0 saturated heterocycles. The number of carboxylic acid groups (broad SMARTS) is 1. The molecule has 1 aromatic carbocycles. The van der Waals surface area contributed by atoms with E-state index < -0.39 is 44.2 Å². The lowest BCUT2D eigenvalue weighted by molar-refractivity contribution is -0.142. The molecule has 2 rings (SSSR count). The number of hydrogen-bond donors (Lipinski definition) is 6. The third-order valence-corrected chi connectivity index (χ3v) is 4.32. The van der Waals surface area contributed by atoms with Crippen LogP contribution in [0, 0.1) is 0 Å². The molecule has 0 bridgehead atoms. The first kappa shape index (κ1) is 32.4. The van der Waals surface area contributed by atoms with E-state index in [2.05, 4.69) is 5.32 Å². The Balaban J connectivity index is 0.000000975. The number of benzene rings is 1. The van der Waals surface area contributed by atoms with Gasteiger partial charge in [-0.05, 0) is 31.0 Å². The van der Waals surface area contributed by atoms with E-state index >= 15 is 0 Å². The molecule has 0 aliphatic heterocycles. The van der Waals surface area contributed by atoms with E-state index in [0.717, 1.165) is 29.3 Å². The van der Waals surface area contributed by atoms with Crippen molar-refractivity contribution in [3.8, 4) is 0 Å². The molecule has 13 nitrogen and oxygen atoms in total. The van der Waals surface area contributed by atoms with Gasteiger partial charge in [-0.15, -0.1) is 0 Å². The second-order valence-electron chi connectivity index (χ2n) is 7.74. The van der Waals surface area contributed by atoms with Crippen molar-refractivity contribution in [1.29, 1.82) is 0 Å². The van der Waals surface area contributed by atoms with Crippen molar-refractivity contribution >= 4 is 43.0 Å². The Morgan fingerprint density at radius 3 is 2.06 bits per heavy atom. The largest absolute Gasteiger partial charge is 0.480 e. The van der Waals surface area contributed by atoms with Gasteiger partial charge in [-0.25, -0.2) is 4.79 Å². The quantitative estimate of drug-likeness (QED) is 0.180. The summed E-state index contributed by atoms with van der Waals surface area (Å²) in [6.07, 6.45) is 5.56. The summed E-state index contributed by atoms with van der Waals surface area (Å²) in [5.41, 5.74) is 13.2. The van der Waals surface area contributed by atoms with Crippen LogP contribution in [0.5, 0.6) is 0 Å². The number of para-hydroxylation sites is 1. The molecule has 0 radical (unpaired) electrons. The number of hydrogen-bond acceptors (Lipinski definition) is 8. The minimum Gasteiger partial charge on any atom is -0.480 e. The average Bonchev–Trinajstić information content (AvgIpc) is 3.00. The van der Waals surface area contributed by atoms with E-state index in [1.165, 1.54) is 0 Å². The van der Waals surface area contributed by atoms with E-state index in [0.29, 0.717) is 25.5 Å². The normalized spacial score (nSPS) is 13.0. The van der Waals surface area contributed by atoms with Crippen LogP contribution in [0.25, 0.3) is 10.9 Å². The van der Waals surface area contributed by atoms with Gasteiger partial charge in [0.2, 0.25) is 5.91 Å². The molecule has 200 valence electrons. The second kappa shape index (κ2) is 14.8. The number of unbranched alkanes of at least 4 members (excludes halogenated alkanes) is 1. The van der Waals surface area contributed by atoms with Crippen LogP contribution in [0.15, 0.2) is 30.5 Å². The van der Waals surface area contributed by atoms with Crippen LogP contribution in [-0.2, 0) is 43.3 Å². The molecular weight excluding hydrogens is 504 g/mol. The summed E-state index contributed by atoms with van der Waals surface area (Å²) in [4.78, 5) is 23.8. The maximum Gasteiger partial charge on any atom is 0.326 e. The van der Waals surface area contributed by atoms with Gasteiger partial charge in [0.25, 0.3) is 20.2 Å². The highest BCUT2D eigenvalue weighted by Gasteiger charge is 2.24. The van der Waals surface area contributed by atoms with Crippen LogP contribution >= 0.6 is 0 Å². The molecule has 35 heavy (non-hydrogen) atoms. The molecule has 15 heteroatoms. The maximum absolute atomic E-state index is 12.2. The average molecular weight is 539 g/mol. The fourth-order valence-electron chi connectivity index (χ4n) is 2.93. The summed E-state index contributed by atoms with van der Waals surface area (Å²) in [5.74, 6) is -1.51. The zero-order valence-electron chi connectivity index (χ0n) is 19.8. The fourth-order valence-corrected chi connectivity index (χ4v) is 2.93. The van der Waals surface area contributed by atoms with Crippen LogP contribution in [0.4, 0.5) is 0 Å². The minimum absolute atomic E-state index is 0.206. The van der Waals surface area contributed by atoms with Crippen LogP contribution in [0.2, 0.25) is 0 Å². The minimum atomic E-state index is -3.67. The zero-order valence-corrected chi connectivity index (χ0v) is 21.4. The number of aryl methyl sites for hydroxylation is 1.